The number of carbonyl (C=O) groups is 2. The normalized spacial score (nSPS) is 16.6. The number of halogens is 1. The molecule has 26 heavy (non-hydrogen) atoms. The van der Waals surface area contributed by atoms with E-state index < -0.39 is 17.8 Å². The van der Waals surface area contributed by atoms with Crippen molar-refractivity contribution in [1.29, 1.82) is 0 Å². The van der Waals surface area contributed by atoms with Crippen LogP contribution in [-0.2, 0) is 24.1 Å². The first-order valence-electron chi connectivity index (χ1n) is 8.53. The van der Waals surface area contributed by atoms with Crippen LogP contribution in [0.2, 0.25) is 0 Å². The van der Waals surface area contributed by atoms with Crippen LogP contribution in [0.4, 0.5) is 14.9 Å². The van der Waals surface area contributed by atoms with Crippen LogP contribution >= 0.6 is 0 Å². The second kappa shape index (κ2) is 6.36. The van der Waals surface area contributed by atoms with Crippen LogP contribution in [0.3, 0.4) is 0 Å². The van der Waals surface area contributed by atoms with E-state index in [2.05, 4.69) is 15.5 Å². The lowest BCUT2D eigenvalue weighted by Crippen LogP contribution is -2.31. The van der Waals surface area contributed by atoms with E-state index in [1.54, 1.807) is 6.07 Å². The van der Waals surface area contributed by atoms with Crippen LogP contribution in [0.1, 0.15) is 35.2 Å². The molecule has 0 radical (unpaired) electrons. The van der Waals surface area contributed by atoms with Crippen molar-refractivity contribution >= 4 is 17.6 Å². The van der Waals surface area contributed by atoms with Gasteiger partial charge in [-0.25, -0.2) is 19.2 Å². The van der Waals surface area contributed by atoms with Gasteiger partial charge in [-0.1, -0.05) is 6.07 Å². The summed E-state index contributed by atoms with van der Waals surface area (Å²) in [4.78, 5) is 36.4. The summed E-state index contributed by atoms with van der Waals surface area (Å²) in [5.41, 5.74) is 2.97. The molecule has 0 atom stereocenters. The Bertz CT molecular complexity index is 953. The molecule has 1 aromatic heterocycles. The number of hydrogen-bond donors (Lipinski definition) is 2. The Morgan fingerprint density at radius 1 is 1.12 bits per heavy atom. The number of nitrogens with one attached hydrogen (secondary N) is 2. The van der Waals surface area contributed by atoms with Crippen LogP contribution in [0, 0.1) is 5.82 Å². The molecule has 4 rings (SSSR count). The molecule has 3 amide bonds. The fourth-order valence-corrected chi connectivity index (χ4v) is 3.57. The van der Waals surface area contributed by atoms with Crippen molar-refractivity contribution in [2.24, 2.45) is 0 Å². The molecule has 0 bridgehead atoms. The average Bonchev–Trinajstić information content (AvgIpc) is 2.98. The monoisotopic (exact) mass is 356 g/mol. The SMILES string of the molecule is O=C1CNC(=O)N1c1cc(Cc2n[nH]c(=O)c3c2CCCC3)ccc1F. The van der Waals surface area contributed by atoms with Crippen molar-refractivity contribution in [2.75, 3.05) is 11.4 Å². The first-order chi connectivity index (χ1) is 12.5. The fraction of sp³-hybridized carbons (Fsp3) is 0.333. The number of carbonyl (C=O) groups excluding carboxylic acids is 2. The zero-order valence-electron chi connectivity index (χ0n) is 14.0. The number of anilines is 1. The Labute approximate surface area is 148 Å². The summed E-state index contributed by atoms with van der Waals surface area (Å²) in [5.74, 6) is -1.14. The van der Waals surface area contributed by atoms with E-state index in [0.717, 1.165) is 47.4 Å². The Kier molecular flexibility index (Phi) is 4.02. The van der Waals surface area contributed by atoms with Crippen molar-refractivity contribution < 1.29 is 14.0 Å². The minimum atomic E-state index is -0.643. The first kappa shape index (κ1) is 16.4. The van der Waals surface area contributed by atoms with E-state index >= 15 is 0 Å². The summed E-state index contributed by atoms with van der Waals surface area (Å²) >= 11 is 0. The second-order valence-electron chi connectivity index (χ2n) is 6.51. The quantitative estimate of drug-likeness (QED) is 0.814. The molecule has 2 N–H and O–H groups in total. The molecule has 0 saturated carbocycles. The van der Waals surface area contributed by atoms with Crippen LogP contribution in [0.15, 0.2) is 23.0 Å². The lowest BCUT2D eigenvalue weighted by molar-refractivity contribution is -0.115. The van der Waals surface area contributed by atoms with Gasteiger partial charge in [0.05, 0.1) is 17.9 Å². The molecular weight excluding hydrogens is 339 g/mol. The van der Waals surface area contributed by atoms with Crippen molar-refractivity contribution in [3.05, 3.63) is 56.8 Å². The van der Waals surface area contributed by atoms with Gasteiger partial charge in [0, 0.05) is 12.0 Å². The van der Waals surface area contributed by atoms with E-state index in [-0.39, 0.29) is 17.8 Å². The molecule has 1 fully saturated rings. The van der Waals surface area contributed by atoms with Crippen LogP contribution < -0.4 is 15.8 Å². The maximum atomic E-state index is 14.2. The molecule has 1 aliphatic heterocycles. The maximum absolute atomic E-state index is 14.2. The number of benzene rings is 1. The third kappa shape index (κ3) is 2.77. The zero-order chi connectivity index (χ0) is 18.3. The molecule has 1 aromatic carbocycles. The van der Waals surface area contributed by atoms with Crippen LogP contribution in [0.25, 0.3) is 0 Å². The lowest BCUT2D eigenvalue weighted by atomic mass is 9.90. The summed E-state index contributed by atoms with van der Waals surface area (Å²) in [7, 11) is 0. The Morgan fingerprint density at radius 3 is 2.62 bits per heavy atom. The number of rotatable bonds is 3. The van der Waals surface area contributed by atoms with Crippen molar-refractivity contribution in [2.45, 2.75) is 32.1 Å². The number of aromatic amines is 1. The molecule has 2 heterocycles. The molecule has 1 saturated heterocycles. The fourth-order valence-electron chi connectivity index (χ4n) is 3.57. The number of imide groups is 1. The molecule has 0 unspecified atom stereocenters. The highest BCUT2D eigenvalue weighted by Gasteiger charge is 2.32. The number of amides is 3. The topological polar surface area (TPSA) is 95.2 Å². The summed E-state index contributed by atoms with van der Waals surface area (Å²) in [6, 6.07) is 3.69. The highest BCUT2D eigenvalue weighted by atomic mass is 19.1. The summed E-state index contributed by atoms with van der Waals surface area (Å²) in [5, 5.41) is 9.09. The summed E-state index contributed by atoms with van der Waals surface area (Å²) < 4.78 is 14.2. The zero-order valence-corrected chi connectivity index (χ0v) is 14.0. The van der Waals surface area contributed by atoms with E-state index in [1.807, 2.05) is 0 Å². The number of urea groups is 1. The van der Waals surface area contributed by atoms with E-state index in [0.29, 0.717) is 12.0 Å². The van der Waals surface area contributed by atoms with Crippen molar-refractivity contribution in [3.63, 3.8) is 0 Å². The summed E-state index contributed by atoms with van der Waals surface area (Å²) in [6.07, 6.45) is 3.89. The third-order valence-corrected chi connectivity index (χ3v) is 4.85. The molecule has 2 aromatic rings. The molecule has 2 aliphatic rings. The van der Waals surface area contributed by atoms with Crippen LogP contribution in [0.5, 0.6) is 0 Å². The minimum absolute atomic E-state index is 0.0687. The largest absolute Gasteiger partial charge is 0.329 e. The summed E-state index contributed by atoms with van der Waals surface area (Å²) in [6.45, 7) is -0.141. The van der Waals surface area contributed by atoms with Gasteiger partial charge in [0.1, 0.15) is 5.82 Å². The molecule has 8 heteroatoms. The second-order valence-corrected chi connectivity index (χ2v) is 6.51. The predicted molar refractivity (Wildman–Crippen MR) is 91.6 cm³/mol. The van der Waals surface area contributed by atoms with Gasteiger partial charge in [-0.2, -0.15) is 5.10 Å². The molecular formula is C18H17FN4O3. The molecule has 7 nitrogen and oxygen atoms in total. The van der Waals surface area contributed by atoms with E-state index in [1.165, 1.54) is 12.1 Å². The van der Waals surface area contributed by atoms with Gasteiger partial charge in [-0.05, 0) is 48.9 Å². The predicted octanol–water partition coefficient (Wildman–Crippen LogP) is 1.43. The minimum Gasteiger partial charge on any atom is -0.328 e. The molecule has 0 spiro atoms. The lowest BCUT2D eigenvalue weighted by Gasteiger charge is -2.18. The van der Waals surface area contributed by atoms with Gasteiger partial charge >= 0.3 is 6.03 Å². The Morgan fingerprint density at radius 2 is 1.88 bits per heavy atom. The van der Waals surface area contributed by atoms with Crippen molar-refractivity contribution in [1.82, 2.24) is 15.5 Å². The third-order valence-electron chi connectivity index (χ3n) is 4.85. The molecule has 1 aliphatic carbocycles. The van der Waals surface area contributed by atoms with Gasteiger partial charge in [-0.3, -0.25) is 9.59 Å². The van der Waals surface area contributed by atoms with Gasteiger partial charge < -0.3 is 5.32 Å². The van der Waals surface area contributed by atoms with Gasteiger partial charge in [0.25, 0.3) is 11.5 Å². The molecule has 134 valence electrons. The highest BCUT2D eigenvalue weighted by molar-refractivity contribution is 6.19. The smallest absolute Gasteiger partial charge is 0.328 e. The Balaban J connectivity index is 1.70. The number of fused-ring (bicyclic) bond motifs is 1. The standard InChI is InChI=1S/C18H17FN4O3/c19-13-6-5-10(8-15(13)23-16(24)9-20-18(23)26)7-14-11-3-1-2-4-12(11)17(25)22-21-14/h5-6,8H,1-4,7,9H2,(H,20,26)(H,22,25). The Hall–Kier alpha value is -3.03. The van der Waals surface area contributed by atoms with Crippen molar-refractivity contribution in [3.8, 4) is 0 Å². The number of aromatic nitrogens is 2. The van der Waals surface area contributed by atoms with Gasteiger partial charge in [0.15, 0.2) is 0 Å². The average molecular weight is 356 g/mol. The van der Waals surface area contributed by atoms with Gasteiger partial charge in [-0.15, -0.1) is 0 Å². The maximum Gasteiger partial charge on any atom is 0.329 e. The number of H-pyrrole nitrogens is 1. The first-order valence-corrected chi connectivity index (χ1v) is 8.53. The van der Waals surface area contributed by atoms with Crippen LogP contribution in [-0.4, -0.2) is 28.7 Å². The highest BCUT2D eigenvalue weighted by Crippen LogP contribution is 2.26. The van der Waals surface area contributed by atoms with E-state index in [4.69, 9.17) is 0 Å². The number of nitrogens with zero attached hydrogens (tertiary/aromatic N) is 2. The number of hydrogen-bond acceptors (Lipinski definition) is 4. The van der Waals surface area contributed by atoms with E-state index in [9.17, 15) is 18.8 Å². The van der Waals surface area contributed by atoms with Gasteiger partial charge in [0.2, 0.25) is 0 Å².